The summed E-state index contributed by atoms with van der Waals surface area (Å²) in [4.78, 5) is 12.3. The average molecular weight is 708 g/mol. The van der Waals surface area contributed by atoms with E-state index in [0.29, 0.717) is 6.42 Å². The van der Waals surface area contributed by atoms with Gasteiger partial charge in [0.15, 0.2) is 0 Å². The van der Waals surface area contributed by atoms with Crippen molar-refractivity contribution in [3.63, 3.8) is 0 Å². The number of amides is 1. The number of aliphatic hydroxyl groups is 2. The van der Waals surface area contributed by atoms with Gasteiger partial charge in [0.2, 0.25) is 5.91 Å². The van der Waals surface area contributed by atoms with Gasteiger partial charge in [0.25, 0.3) is 0 Å². The summed E-state index contributed by atoms with van der Waals surface area (Å²) in [6.07, 6.45) is 61.5. The van der Waals surface area contributed by atoms with Gasteiger partial charge >= 0.3 is 0 Å². The lowest BCUT2D eigenvalue weighted by Gasteiger charge is -2.20. The number of allylic oxidation sites excluding steroid dienone is 13. The van der Waals surface area contributed by atoms with Gasteiger partial charge in [-0.15, -0.1) is 0 Å². The first-order valence-electron chi connectivity index (χ1n) is 21.3. The maximum absolute atomic E-state index is 12.3. The molecular weight excluding hydrogens is 627 g/mol. The van der Waals surface area contributed by atoms with Crippen LogP contribution in [0.1, 0.15) is 187 Å². The third-order valence-electron chi connectivity index (χ3n) is 9.13. The average Bonchev–Trinajstić information content (AvgIpc) is 3.13. The molecule has 0 radical (unpaired) electrons. The molecule has 0 aromatic heterocycles. The summed E-state index contributed by atoms with van der Waals surface area (Å²) in [7, 11) is 0. The lowest BCUT2D eigenvalue weighted by Crippen LogP contribution is -2.45. The molecule has 0 aromatic carbocycles. The lowest BCUT2D eigenvalue weighted by molar-refractivity contribution is -0.123. The normalized spacial score (nSPS) is 13.9. The molecule has 0 spiro atoms. The van der Waals surface area contributed by atoms with Crippen molar-refractivity contribution >= 4 is 5.91 Å². The van der Waals surface area contributed by atoms with E-state index in [-0.39, 0.29) is 12.5 Å². The molecule has 0 rings (SSSR count). The van der Waals surface area contributed by atoms with Crippen LogP contribution in [0.15, 0.2) is 85.1 Å². The van der Waals surface area contributed by atoms with Crippen LogP contribution in [0.4, 0.5) is 0 Å². The number of aliphatic hydroxyl groups excluding tert-OH is 2. The van der Waals surface area contributed by atoms with E-state index in [1.54, 1.807) is 6.08 Å². The van der Waals surface area contributed by atoms with Crippen LogP contribution in [-0.2, 0) is 4.79 Å². The van der Waals surface area contributed by atoms with Gasteiger partial charge in [-0.05, 0) is 70.6 Å². The highest BCUT2D eigenvalue weighted by Crippen LogP contribution is 2.14. The van der Waals surface area contributed by atoms with Crippen LogP contribution < -0.4 is 5.32 Å². The Bertz CT molecular complexity index is 941. The Hall–Kier alpha value is -2.43. The second-order valence-electron chi connectivity index (χ2n) is 14.0. The number of hydrogen-bond acceptors (Lipinski definition) is 3. The smallest absolute Gasteiger partial charge is 0.220 e. The van der Waals surface area contributed by atoms with E-state index >= 15 is 0 Å². The van der Waals surface area contributed by atoms with Crippen molar-refractivity contribution in [1.82, 2.24) is 5.32 Å². The predicted octanol–water partition coefficient (Wildman–Crippen LogP) is 13.3. The minimum atomic E-state index is -0.838. The summed E-state index contributed by atoms with van der Waals surface area (Å²) < 4.78 is 0. The molecule has 0 aromatic rings. The zero-order valence-electron chi connectivity index (χ0n) is 33.3. The van der Waals surface area contributed by atoms with Gasteiger partial charge < -0.3 is 15.5 Å². The number of unbranched alkanes of at least 4 members (excludes halogenated alkanes) is 18. The van der Waals surface area contributed by atoms with E-state index in [2.05, 4.69) is 92.1 Å². The Morgan fingerprint density at radius 2 is 0.863 bits per heavy atom. The molecule has 292 valence electrons. The molecule has 4 nitrogen and oxygen atoms in total. The van der Waals surface area contributed by atoms with Crippen LogP contribution in [-0.4, -0.2) is 34.9 Å². The van der Waals surface area contributed by atoms with Crippen molar-refractivity contribution in [3.8, 4) is 0 Å². The molecule has 0 aliphatic carbocycles. The fourth-order valence-corrected chi connectivity index (χ4v) is 5.89. The summed E-state index contributed by atoms with van der Waals surface area (Å²) in [5, 5.41) is 22.7. The zero-order valence-corrected chi connectivity index (χ0v) is 33.3. The number of hydrogen-bond donors (Lipinski definition) is 3. The van der Waals surface area contributed by atoms with Gasteiger partial charge in [0.05, 0.1) is 18.8 Å². The summed E-state index contributed by atoms with van der Waals surface area (Å²) in [5.41, 5.74) is 0. The molecule has 0 aliphatic rings. The van der Waals surface area contributed by atoms with Crippen molar-refractivity contribution in [2.24, 2.45) is 0 Å². The van der Waals surface area contributed by atoms with Crippen molar-refractivity contribution in [2.45, 2.75) is 199 Å². The Kier molecular flexibility index (Phi) is 40.0. The van der Waals surface area contributed by atoms with Crippen molar-refractivity contribution in [2.75, 3.05) is 6.61 Å². The molecule has 1 amide bonds. The maximum atomic E-state index is 12.3. The summed E-state index contributed by atoms with van der Waals surface area (Å²) in [6, 6.07) is -0.622. The van der Waals surface area contributed by atoms with Gasteiger partial charge in [-0.1, -0.05) is 195 Å². The first-order valence-corrected chi connectivity index (χ1v) is 21.3. The summed E-state index contributed by atoms with van der Waals surface area (Å²) in [6.45, 7) is 4.11. The monoisotopic (exact) mass is 708 g/mol. The molecule has 0 saturated heterocycles. The second-order valence-corrected chi connectivity index (χ2v) is 14.0. The lowest BCUT2D eigenvalue weighted by atomic mass is 10.0. The summed E-state index contributed by atoms with van der Waals surface area (Å²) >= 11 is 0. The van der Waals surface area contributed by atoms with Crippen molar-refractivity contribution in [1.29, 1.82) is 0 Å². The van der Waals surface area contributed by atoms with E-state index in [9.17, 15) is 15.0 Å². The van der Waals surface area contributed by atoms with Gasteiger partial charge in [-0.2, -0.15) is 0 Å². The molecule has 0 fully saturated rings. The van der Waals surface area contributed by atoms with Gasteiger partial charge in [0, 0.05) is 6.42 Å². The Balaban J connectivity index is 3.49. The molecule has 2 unspecified atom stereocenters. The quantitative estimate of drug-likeness (QED) is 0.0445. The Morgan fingerprint density at radius 1 is 0.490 bits per heavy atom. The molecule has 2 atom stereocenters. The highest BCUT2D eigenvalue weighted by atomic mass is 16.3. The SMILES string of the molecule is CC/C=C\C/C=C\C/C=C\C/C=C\C/C=C\C/C=C\CCCCCCCCCCCCCCCCC(=O)NC(CO)C(O)/C=C/CCCCCC. The molecule has 3 N–H and O–H groups in total. The van der Waals surface area contributed by atoms with Gasteiger partial charge in [-0.3, -0.25) is 4.79 Å². The summed E-state index contributed by atoms with van der Waals surface area (Å²) in [5.74, 6) is -0.0747. The van der Waals surface area contributed by atoms with Crippen LogP contribution in [0.2, 0.25) is 0 Å². The van der Waals surface area contributed by atoms with E-state index in [1.165, 1.54) is 103 Å². The number of carbonyl (C=O) groups is 1. The minimum Gasteiger partial charge on any atom is -0.394 e. The molecule has 0 aliphatic heterocycles. The molecule has 4 heteroatoms. The largest absolute Gasteiger partial charge is 0.394 e. The van der Waals surface area contributed by atoms with Crippen LogP contribution in [0.25, 0.3) is 0 Å². The first kappa shape index (κ1) is 48.6. The standard InChI is InChI=1S/C47H81NO3/c1-3-5-7-9-11-12-13-14-15-16-17-18-19-20-21-22-23-24-25-26-27-28-29-30-31-32-33-34-35-36-37-39-41-43-47(51)48-45(44-49)46(50)42-40-38-10-8-6-4-2/h5,7,11-12,14-15,17-18,20-21,23-24,40,42,45-46,49-50H,3-4,6,8-10,13,16,19,22,25-39,41,43-44H2,1-2H3,(H,48,51)/b7-5-,12-11-,15-14-,18-17-,21-20-,24-23-,42-40+. The maximum Gasteiger partial charge on any atom is 0.220 e. The third kappa shape index (κ3) is 38.6. The van der Waals surface area contributed by atoms with Crippen LogP contribution in [0, 0.1) is 0 Å². The van der Waals surface area contributed by atoms with Crippen molar-refractivity contribution < 1.29 is 15.0 Å². The van der Waals surface area contributed by atoms with E-state index < -0.39 is 12.1 Å². The second kappa shape index (κ2) is 42.0. The molecular formula is C47H81NO3. The molecule has 51 heavy (non-hydrogen) atoms. The number of carbonyl (C=O) groups excluding carboxylic acids is 1. The highest BCUT2D eigenvalue weighted by molar-refractivity contribution is 5.76. The van der Waals surface area contributed by atoms with Crippen LogP contribution in [0.5, 0.6) is 0 Å². The van der Waals surface area contributed by atoms with E-state index in [0.717, 1.165) is 64.2 Å². The van der Waals surface area contributed by atoms with Gasteiger partial charge in [0.1, 0.15) is 0 Å². The Morgan fingerprint density at radius 3 is 1.29 bits per heavy atom. The molecule has 0 bridgehead atoms. The van der Waals surface area contributed by atoms with E-state index in [4.69, 9.17) is 0 Å². The topological polar surface area (TPSA) is 69.6 Å². The van der Waals surface area contributed by atoms with Crippen molar-refractivity contribution in [3.05, 3.63) is 85.1 Å². The Labute approximate surface area is 316 Å². The van der Waals surface area contributed by atoms with E-state index in [1.807, 2.05) is 6.08 Å². The fourth-order valence-electron chi connectivity index (χ4n) is 5.89. The fraction of sp³-hybridized carbons (Fsp3) is 0.681. The highest BCUT2D eigenvalue weighted by Gasteiger charge is 2.17. The van der Waals surface area contributed by atoms with Crippen LogP contribution >= 0.6 is 0 Å². The zero-order chi connectivity index (χ0) is 37.1. The predicted molar refractivity (Wildman–Crippen MR) is 225 cm³/mol. The third-order valence-corrected chi connectivity index (χ3v) is 9.13. The van der Waals surface area contributed by atoms with Crippen LogP contribution in [0.3, 0.4) is 0 Å². The number of rotatable bonds is 37. The number of nitrogens with one attached hydrogen (secondary N) is 1. The molecule has 0 saturated carbocycles. The van der Waals surface area contributed by atoms with Gasteiger partial charge in [-0.25, -0.2) is 0 Å². The first-order chi connectivity index (χ1) is 25.2. The minimum absolute atomic E-state index is 0.0747. The molecule has 0 heterocycles.